The van der Waals surface area contributed by atoms with Crippen LogP contribution in [0.3, 0.4) is 0 Å². The smallest absolute Gasteiger partial charge is 0.442 e. The number of carbonyl (C=O) groups excluding carboxylic acids is 3. The van der Waals surface area contributed by atoms with Gasteiger partial charge in [-0.1, -0.05) is 0 Å². The lowest BCUT2D eigenvalue weighted by atomic mass is 10.1. The summed E-state index contributed by atoms with van der Waals surface area (Å²) in [5, 5.41) is 2.44. The van der Waals surface area contributed by atoms with E-state index in [4.69, 9.17) is 14.2 Å². The van der Waals surface area contributed by atoms with Gasteiger partial charge in [-0.15, -0.1) is 4.36 Å². The molecule has 0 aliphatic heterocycles. The Hall–Kier alpha value is -1.84. The number of carbonyl (C=O) groups is 3. The molecule has 1 unspecified atom stereocenters. The summed E-state index contributed by atoms with van der Waals surface area (Å²) in [7, 11) is -3.00. The largest absolute Gasteiger partial charge is 0.458 e. The predicted molar refractivity (Wildman–Crippen MR) is 111 cm³/mol. The van der Waals surface area contributed by atoms with Crippen LogP contribution in [0.25, 0.3) is 0 Å². The highest BCUT2D eigenvalue weighted by atomic mass is 32.2. The van der Waals surface area contributed by atoms with Crippen LogP contribution < -0.4 is 5.32 Å². The van der Waals surface area contributed by atoms with E-state index in [1.165, 1.54) is 6.26 Å². The van der Waals surface area contributed by atoms with Gasteiger partial charge in [-0.3, -0.25) is 0 Å². The molecule has 0 saturated heterocycles. The molecule has 0 heterocycles. The molecule has 170 valence electrons. The molecule has 0 radical (unpaired) electrons. The Bertz CT molecular complexity index is 718. The third-order valence-corrected chi connectivity index (χ3v) is 4.36. The molecule has 0 bridgehead atoms. The van der Waals surface area contributed by atoms with Gasteiger partial charge in [0.05, 0.1) is 9.73 Å². The molecule has 0 saturated carbocycles. The number of hydrogen-bond donors (Lipinski definition) is 1. The fraction of sp³-hybridized carbons (Fsp3) is 0.842. The van der Waals surface area contributed by atoms with Crippen molar-refractivity contribution in [1.82, 2.24) is 5.32 Å². The van der Waals surface area contributed by atoms with Crippen LogP contribution in [0, 0.1) is 0 Å². The molecular formula is C19H36N2O7S. The van der Waals surface area contributed by atoms with Gasteiger partial charge in [0, 0.05) is 12.0 Å². The molecule has 0 spiro atoms. The fourth-order valence-corrected chi connectivity index (χ4v) is 3.01. The van der Waals surface area contributed by atoms with E-state index in [-0.39, 0.29) is 12.2 Å². The van der Waals surface area contributed by atoms with Crippen LogP contribution in [0.5, 0.6) is 0 Å². The van der Waals surface area contributed by atoms with Crippen molar-refractivity contribution < 1.29 is 32.8 Å². The Balaban J connectivity index is 5.34. The zero-order valence-corrected chi connectivity index (χ0v) is 20.0. The number of rotatable bonds is 5. The molecule has 1 N–H and O–H groups in total. The zero-order chi connectivity index (χ0) is 23.3. The lowest BCUT2D eigenvalue weighted by Crippen LogP contribution is -2.46. The number of nitrogens with zero attached hydrogens (tertiary/aromatic N) is 1. The van der Waals surface area contributed by atoms with Crippen molar-refractivity contribution in [3.05, 3.63) is 0 Å². The summed E-state index contributed by atoms with van der Waals surface area (Å²) in [5.74, 6) is -0.831. The van der Waals surface area contributed by atoms with Crippen LogP contribution in [0.15, 0.2) is 4.36 Å². The van der Waals surface area contributed by atoms with E-state index in [1.807, 2.05) is 0 Å². The van der Waals surface area contributed by atoms with E-state index < -0.39 is 50.7 Å². The van der Waals surface area contributed by atoms with Gasteiger partial charge in [0.15, 0.2) is 0 Å². The van der Waals surface area contributed by atoms with E-state index in [0.29, 0.717) is 0 Å². The standard InChI is InChI=1S/C19H36N2O7S/c1-17(2,3)26-14(22)13(20-15(23)27-18(4,5)6)11-12-29(10,25)21-16(24)28-19(7,8)9/h13H,11-12H2,1-10H3,(H,20,23)/t13-,29?/m0/s1. The maximum absolute atomic E-state index is 12.6. The summed E-state index contributed by atoms with van der Waals surface area (Å²) in [6.45, 7) is 15.1. The number of alkyl carbamates (subject to hydrolysis) is 1. The Morgan fingerprint density at radius 2 is 1.31 bits per heavy atom. The molecular weight excluding hydrogens is 400 g/mol. The van der Waals surface area contributed by atoms with Crippen molar-refractivity contribution in [1.29, 1.82) is 0 Å². The molecule has 0 aromatic heterocycles. The number of amides is 2. The number of esters is 1. The summed E-state index contributed by atoms with van der Waals surface area (Å²) in [5.41, 5.74) is -2.31. The SMILES string of the molecule is CC(C)(C)OC(=O)N=S(C)(=O)CC[C@H](NC(=O)OC(C)(C)C)C(=O)OC(C)(C)C. The lowest BCUT2D eigenvalue weighted by molar-refractivity contribution is -0.157. The maximum Gasteiger partial charge on any atom is 0.442 e. The first kappa shape index (κ1) is 27.2. The van der Waals surface area contributed by atoms with Gasteiger partial charge < -0.3 is 19.5 Å². The molecule has 0 aliphatic rings. The fourth-order valence-electron chi connectivity index (χ4n) is 1.89. The molecule has 0 aromatic rings. The Labute approximate surface area is 174 Å². The zero-order valence-electron chi connectivity index (χ0n) is 19.2. The van der Waals surface area contributed by atoms with Gasteiger partial charge in [-0.05, 0) is 68.7 Å². The second kappa shape index (κ2) is 9.77. The highest BCUT2D eigenvalue weighted by molar-refractivity contribution is 7.93. The normalized spacial score (nSPS) is 15.5. The summed E-state index contributed by atoms with van der Waals surface area (Å²) in [6.07, 6.45) is -0.522. The van der Waals surface area contributed by atoms with Gasteiger partial charge in [0.25, 0.3) is 0 Å². The van der Waals surface area contributed by atoms with Crippen LogP contribution in [-0.4, -0.2) is 57.2 Å². The first-order valence-corrected chi connectivity index (χ1v) is 11.4. The van der Waals surface area contributed by atoms with E-state index >= 15 is 0 Å². The Morgan fingerprint density at radius 3 is 1.72 bits per heavy atom. The molecule has 0 aromatic carbocycles. The van der Waals surface area contributed by atoms with Gasteiger partial charge in [-0.25, -0.2) is 18.6 Å². The van der Waals surface area contributed by atoms with Gasteiger partial charge in [-0.2, -0.15) is 0 Å². The molecule has 10 heteroatoms. The van der Waals surface area contributed by atoms with Crippen molar-refractivity contribution in [3.8, 4) is 0 Å². The first-order chi connectivity index (χ1) is 12.7. The predicted octanol–water partition coefficient (Wildman–Crippen LogP) is 3.64. The molecule has 0 fully saturated rings. The number of nitrogens with one attached hydrogen (secondary N) is 1. The Morgan fingerprint density at radius 1 is 0.862 bits per heavy atom. The summed E-state index contributed by atoms with van der Waals surface area (Å²) in [4.78, 5) is 36.4. The maximum atomic E-state index is 12.6. The van der Waals surface area contributed by atoms with Crippen molar-refractivity contribution in [3.63, 3.8) is 0 Å². The van der Waals surface area contributed by atoms with Crippen LogP contribution in [0.4, 0.5) is 9.59 Å². The van der Waals surface area contributed by atoms with Crippen LogP contribution >= 0.6 is 0 Å². The highest BCUT2D eigenvalue weighted by Gasteiger charge is 2.29. The van der Waals surface area contributed by atoms with Crippen LogP contribution in [0.1, 0.15) is 68.7 Å². The lowest BCUT2D eigenvalue weighted by Gasteiger charge is -2.26. The summed E-state index contributed by atoms with van der Waals surface area (Å²) >= 11 is 0. The van der Waals surface area contributed by atoms with Gasteiger partial charge in [0.2, 0.25) is 0 Å². The van der Waals surface area contributed by atoms with Gasteiger partial charge in [0.1, 0.15) is 22.8 Å². The quantitative estimate of drug-likeness (QED) is 0.516. The minimum absolute atomic E-state index is 0.0597. The van der Waals surface area contributed by atoms with Crippen molar-refractivity contribution in [2.75, 3.05) is 12.0 Å². The first-order valence-electron chi connectivity index (χ1n) is 9.34. The molecule has 2 amide bonds. The number of ether oxygens (including phenoxy) is 3. The molecule has 0 rings (SSSR count). The second-order valence-corrected chi connectivity index (χ2v) is 12.3. The van der Waals surface area contributed by atoms with Crippen molar-refractivity contribution in [2.24, 2.45) is 4.36 Å². The highest BCUT2D eigenvalue weighted by Crippen LogP contribution is 2.13. The third-order valence-electron chi connectivity index (χ3n) is 2.83. The van der Waals surface area contributed by atoms with E-state index in [9.17, 15) is 18.6 Å². The van der Waals surface area contributed by atoms with E-state index in [0.717, 1.165) is 0 Å². The van der Waals surface area contributed by atoms with Crippen LogP contribution in [0.2, 0.25) is 0 Å². The molecule has 29 heavy (non-hydrogen) atoms. The van der Waals surface area contributed by atoms with E-state index in [1.54, 1.807) is 62.3 Å². The monoisotopic (exact) mass is 436 g/mol. The van der Waals surface area contributed by atoms with Crippen LogP contribution in [-0.2, 0) is 28.7 Å². The average Bonchev–Trinajstić information content (AvgIpc) is 2.36. The molecule has 2 atom stereocenters. The van der Waals surface area contributed by atoms with E-state index in [2.05, 4.69) is 9.68 Å². The second-order valence-electron chi connectivity index (χ2n) is 9.76. The van der Waals surface area contributed by atoms with Crippen molar-refractivity contribution in [2.45, 2.75) is 91.6 Å². The number of hydrogen-bond acceptors (Lipinski definition) is 7. The molecule has 9 nitrogen and oxygen atoms in total. The molecule has 0 aliphatic carbocycles. The Kier molecular flexibility index (Phi) is 9.15. The summed E-state index contributed by atoms with van der Waals surface area (Å²) in [6, 6.07) is -1.11. The third kappa shape index (κ3) is 14.8. The minimum Gasteiger partial charge on any atom is -0.458 e. The average molecular weight is 437 g/mol. The van der Waals surface area contributed by atoms with Gasteiger partial charge >= 0.3 is 18.2 Å². The summed E-state index contributed by atoms with van der Waals surface area (Å²) < 4.78 is 31.8. The van der Waals surface area contributed by atoms with Crippen molar-refractivity contribution >= 4 is 27.9 Å². The topological polar surface area (TPSA) is 120 Å². The minimum atomic E-state index is -3.00.